The predicted octanol–water partition coefficient (Wildman–Crippen LogP) is 2.50. The molecule has 1 atom stereocenters. The number of rotatable bonds is 10. The second-order valence-corrected chi connectivity index (χ2v) is 6.18. The van der Waals surface area contributed by atoms with E-state index in [0.717, 1.165) is 11.1 Å². The van der Waals surface area contributed by atoms with Gasteiger partial charge < -0.3 is 20.5 Å². The van der Waals surface area contributed by atoms with E-state index >= 15 is 0 Å². The number of halogens is 1. The number of ether oxygens (including phenoxy) is 1. The van der Waals surface area contributed by atoms with E-state index in [1.165, 1.54) is 12.1 Å². The monoisotopic (exact) mass is 373 g/mol. The summed E-state index contributed by atoms with van der Waals surface area (Å²) < 4.78 is 18.7. The van der Waals surface area contributed by atoms with Crippen molar-refractivity contribution in [2.24, 2.45) is 4.99 Å². The average Bonchev–Trinajstić information content (AvgIpc) is 2.67. The quantitative estimate of drug-likeness (QED) is 0.442. The van der Waals surface area contributed by atoms with Crippen molar-refractivity contribution < 1.29 is 14.2 Å². The van der Waals surface area contributed by atoms with Crippen LogP contribution >= 0.6 is 0 Å². The zero-order chi connectivity index (χ0) is 19.3. The molecule has 0 heterocycles. The smallest absolute Gasteiger partial charge is 0.191 e. The first-order valence-corrected chi connectivity index (χ1v) is 9.23. The first-order valence-electron chi connectivity index (χ1n) is 9.23. The highest BCUT2D eigenvalue weighted by atomic mass is 19.1. The minimum atomic E-state index is -0.674. The lowest BCUT2D eigenvalue weighted by Crippen LogP contribution is -2.39. The number of aliphatic hydroxyl groups excluding tert-OH is 1. The van der Waals surface area contributed by atoms with Crippen LogP contribution < -0.4 is 10.6 Å². The molecule has 6 heteroatoms. The predicted molar refractivity (Wildman–Crippen MR) is 106 cm³/mol. The number of hydrogen-bond donors (Lipinski definition) is 3. The summed E-state index contributed by atoms with van der Waals surface area (Å²) >= 11 is 0. The molecule has 2 aromatic rings. The molecule has 0 radical (unpaired) electrons. The molecule has 2 aromatic carbocycles. The van der Waals surface area contributed by atoms with Gasteiger partial charge in [0.05, 0.1) is 25.9 Å². The molecule has 0 aliphatic rings. The largest absolute Gasteiger partial charge is 0.389 e. The molecule has 3 N–H and O–H groups in total. The normalized spacial score (nSPS) is 12.6. The summed E-state index contributed by atoms with van der Waals surface area (Å²) in [6.07, 6.45) is 0.0117. The molecule has 0 spiro atoms. The SMILES string of the molecule is CCNC(=NCC(O)COCc1ccccc1)NCCc1cccc(F)c1. The lowest BCUT2D eigenvalue weighted by molar-refractivity contribution is 0.0331. The number of guanidine groups is 1. The van der Waals surface area contributed by atoms with Crippen molar-refractivity contribution >= 4 is 5.96 Å². The number of hydrogen-bond acceptors (Lipinski definition) is 3. The number of nitrogens with zero attached hydrogens (tertiary/aromatic N) is 1. The summed E-state index contributed by atoms with van der Waals surface area (Å²) in [5, 5.41) is 16.4. The van der Waals surface area contributed by atoms with Gasteiger partial charge in [-0.25, -0.2) is 4.39 Å². The Labute approximate surface area is 160 Å². The van der Waals surface area contributed by atoms with Crippen molar-refractivity contribution in [3.63, 3.8) is 0 Å². The zero-order valence-corrected chi connectivity index (χ0v) is 15.7. The van der Waals surface area contributed by atoms with Crippen LogP contribution in [0.15, 0.2) is 59.6 Å². The van der Waals surface area contributed by atoms with Gasteiger partial charge in [-0.15, -0.1) is 0 Å². The molecule has 1 unspecified atom stereocenters. The Balaban J connectivity index is 1.71. The van der Waals surface area contributed by atoms with E-state index in [2.05, 4.69) is 15.6 Å². The highest BCUT2D eigenvalue weighted by Crippen LogP contribution is 2.03. The molecule has 5 nitrogen and oxygen atoms in total. The van der Waals surface area contributed by atoms with Crippen molar-refractivity contribution in [3.05, 3.63) is 71.5 Å². The summed E-state index contributed by atoms with van der Waals surface area (Å²) in [5.74, 6) is 0.391. The van der Waals surface area contributed by atoms with Gasteiger partial charge in [-0.3, -0.25) is 4.99 Å². The fourth-order valence-electron chi connectivity index (χ4n) is 2.50. The first-order chi connectivity index (χ1) is 13.2. The Bertz CT molecular complexity index is 695. The van der Waals surface area contributed by atoms with Gasteiger partial charge in [-0.05, 0) is 36.6 Å². The van der Waals surface area contributed by atoms with Crippen LogP contribution in [0.5, 0.6) is 0 Å². The molecule has 146 valence electrons. The van der Waals surface area contributed by atoms with E-state index in [9.17, 15) is 9.50 Å². The van der Waals surface area contributed by atoms with Crippen molar-refractivity contribution in [3.8, 4) is 0 Å². The molecule has 0 aromatic heterocycles. The highest BCUT2D eigenvalue weighted by molar-refractivity contribution is 5.79. The highest BCUT2D eigenvalue weighted by Gasteiger charge is 2.05. The van der Waals surface area contributed by atoms with Crippen LogP contribution in [0.25, 0.3) is 0 Å². The Kier molecular flexibility index (Phi) is 9.30. The Hall–Kier alpha value is -2.44. The van der Waals surface area contributed by atoms with E-state index in [4.69, 9.17) is 4.74 Å². The van der Waals surface area contributed by atoms with Crippen LogP contribution in [0.4, 0.5) is 4.39 Å². The van der Waals surface area contributed by atoms with Gasteiger partial charge in [0.25, 0.3) is 0 Å². The topological polar surface area (TPSA) is 65.9 Å². The van der Waals surface area contributed by atoms with Crippen molar-refractivity contribution in [2.75, 3.05) is 26.2 Å². The van der Waals surface area contributed by atoms with Crippen LogP contribution in [0.2, 0.25) is 0 Å². The third kappa shape index (κ3) is 8.66. The summed E-state index contributed by atoms with van der Waals surface area (Å²) in [4.78, 5) is 4.38. The molecular weight excluding hydrogens is 345 g/mol. The first kappa shape index (κ1) is 20.9. The van der Waals surface area contributed by atoms with Crippen LogP contribution in [0, 0.1) is 5.82 Å². The third-order valence-corrected chi connectivity index (χ3v) is 3.82. The number of nitrogens with one attached hydrogen (secondary N) is 2. The molecule has 0 aliphatic carbocycles. The second-order valence-electron chi connectivity index (χ2n) is 6.18. The van der Waals surface area contributed by atoms with Crippen LogP contribution in [0.3, 0.4) is 0 Å². The molecule has 2 rings (SSSR count). The van der Waals surface area contributed by atoms with Crippen LogP contribution in [0.1, 0.15) is 18.1 Å². The minimum absolute atomic E-state index is 0.223. The zero-order valence-electron chi connectivity index (χ0n) is 15.7. The van der Waals surface area contributed by atoms with E-state index in [1.54, 1.807) is 6.07 Å². The van der Waals surface area contributed by atoms with Crippen LogP contribution in [-0.4, -0.2) is 43.4 Å². The van der Waals surface area contributed by atoms with Crippen molar-refractivity contribution in [2.45, 2.75) is 26.1 Å². The molecule has 0 aliphatic heterocycles. The average molecular weight is 373 g/mol. The molecule has 27 heavy (non-hydrogen) atoms. The third-order valence-electron chi connectivity index (χ3n) is 3.82. The Morgan fingerprint density at radius 1 is 1.11 bits per heavy atom. The van der Waals surface area contributed by atoms with Gasteiger partial charge in [0.2, 0.25) is 0 Å². The van der Waals surface area contributed by atoms with E-state index in [0.29, 0.717) is 32.1 Å². The van der Waals surface area contributed by atoms with Gasteiger partial charge in [-0.2, -0.15) is 0 Å². The second kappa shape index (κ2) is 12.0. The summed E-state index contributed by atoms with van der Waals surface area (Å²) in [5.41, 5.74) is 1.99. The number of benzene rings is 2. The van der Waals surface area contributed by atoms with Gasteiger partial charge >= 0.3 is 0 Å². The van der Waals surface area contributed by atoms with Crippen LogP contribution in [-0.2, 0) is 17.8 Å². The standard InChI is InChI=1S/C21H28FN3O2/c1-2-23-21(24-12-11-17-9-6-10-19(22)13-17)25-14-20(26)16-27-15-18-7-4-3-5-8-18/h3-10,13,20,26H,2,11-12,14-16H2,1H3,(H2,23,24,25). The minimum Gasteiger partial charge on any atom is -0.389 e. The van der Waals surface area contributed by atoms with E-state index in [1.807, 2.05) is 43.3 Å². The Morgan fingerprint density at radius 3 is 2.63 bits per heavy atom. The fraction of sp³-hybridized carbons (Fsp3) is 0.381. The van der Waals surface area contributed by atoms with Gasteiger partial charge in [0.1, 0.15) is 5.82 Å². The summed E-state index contributed by atoms with van der Waals surface area (Å²) in [7, 11) is 0. The Morgan fingerprint density at radius 2 is 1.89 bits per heavy atom. The van der Waals surface area contributed by atoms with Crippen molar-refractivity contribution in [1.29, 1.82) is 0 Å². The maximum atomic E-state index is 13.2. The molecular formula is C21H28FN3O2. The van der Waals surface area contributed by atoms with E-state index < -0.39 is 6.10 Å². The van der Waals surface area contributed by atoms with Gasteiger partial charge in [0.15, 0.2) is 5.96 Å². The molecule has 0 saturated carbocycles. The summed E-state index contributed by atoms with van der Waals surface area (Å²) in [6, 6.07) is 16.4. The summed E-state index contributed by atoms with van der Waals surface area (Å²) in [6.45, 7) is 4.24. The van der Waals surface area contributed by atoms with E-state index in [-0.39, 0.29) is 19.0 Å². The molecule has 0 saturated heterocycles. The fourth-order valence-corrected chi connectivity index (χ4v) is 2.50. The van der Waals surface area contributed by atoms with Crippen molar-refractivity contribution in [1.82, 2.24) is 10.6 Å². The number of aliphatic hydroxyl groups is 1. The molecule has 0 bridgehead atoms. The van der Waals surface area contributed by atoms with Gasteiger partial charge in [0, 0.05) is 13.1 Å². The lowest BCUT2D eigenvalue weighted by Gasteiger charge is -2.13. The number of aliphatic imine (C=N–C) groups is 1. The van der Waals surface area contributed by atoms with Gasteiger partial charge in [-0.1, -0.05) is 42.5 Å². The lowest BCUT2D eigenvalue weighted by atomic mass is 10.1. The maximum Gasteiger partial charge on any atom is 0.191 e. The molecule has 0 fully saturated rings. The maximum absolute atomic E-state index is 13.2. The molecule has 0 amide bonds.